The Hall–Kier alpha value is -2.08. The molecule has 20 heavy (non-hydrogen) atoms. The van der Waals surface area contributed by atoms with Crippen molar-refractivity contribution in [3.63, 3.8) is 0 Å². The Kier molecular flexibility index (Phi) is 4.24. The summed E-state index contributed by atoms with van der Waals surface area (Å²) in [5, 5.41) is 21.2. The van der Waals surface area contributed by atoms with Gasteiger partial charge in [-0.25, -0.2) is 9.59 Å². The van der Waals surface area contributed by atoms with E-state index in [4.69, 9.17) is 5.11 Å². The topological polar surface area (TPSA) is 89.9 Å². The van der Waals surface area contributed by atoms with E-state index in [-0.39, 0.29) is 13.0 Å². The number of urea groups is 1. The van der Waals surface area contributed by atoms with Crippen LogP contribution in [0.5, 0.6) is 0 Å². The number of hydrogen-bond donors (Lipinski definition) is 3. The van der Waals surface area contributed by atoms with Crippen molar-refractivity contribution in [2.45, 2.75) is 32.0 Å². The monoisotopic (exact) mass is 278 g/mol. The predicted molar refractivity (Wildman–Crippen MR) is 72.2 cm³/mol. The summed E-state index contributed by atoms with van der Waals surface area (Å²) in [5.41, 5.74) is 2.04. The second kappa shape index (κ2) is 5.92. The van der Waals surface area contributed by atoms with Gasteiger partial charge < -0.3 is 20.4 Å². The van der Waals surface area contributed by atoms with Gasteiger partial charge >= 0.3 is 12.0 Å². The Morgan fingerprint density at radius 3 is 2.85 bits per heavy atom. The van der Waals surface area contributed by atoms with Crippen molar-refractivity contribution in [3.05, 3.63) is 35.4 Å². The summed E-state index contributed by atoms with van der Waals surface area (Å²) in [6.45, 7) is 2.35. The minimum atomic E-state index is -1.09. The molecule has 1 aliphatic heterocycles. The third-order valence-electron chi connectivity index (χ3n) is 3.35. The first kappa shape index (κ1) is 14.3. The molecule has 2 amide bonds. The van der Waals surface area contributed by atoms with Crippen molar-refractivity contribution in [3.8, 4) is 0 Å². The van der Waals surface area contributed by atoms with Crippen LogP contribution in [0.1, 0.15) is 17.5 Å². The van der Waals surface area contributed by atoms with Gasteiger partial charge in [0.1, 0.15) is 6.04 Å². The lowest BCUT2D eigenvalue weighted by molar-refractivity contribution is -0.141. The number of hydrogen-bond acceptors (Lipinski definition) is 3. The molecule has 1 saturated heterocycles. The first-order valence-corrected chi connectivity index (χ1v) is 6.48. The van der Waals surface area contributed by atoms with Crippen LogP contribution in [0.15, 0.2) is 24.3 Å². The minimum absolute atomic E-state index is 0.0522. The van der Waals surface area contributed by atoms with Gasteiger partial charge in [0.2, 0.25) is 0 Å². The zero-order valence-corrected chi connectivity index (χ0v) is 11.2. The highest BCUT2D eigenvalue weighted by molar-refractivity contribution is 5.83. The molecule has 2 unspecified atom stereocenters. The number of carbonyl (C=O) groups excluding carboxylic acids is 1. The summed E-state index contributed by atoms with van der Waals surface area (Å²) in [6, 6.07) is 6.28. The minimum Gasteiger partial charge on any atom is -0.480 e. The van der Waals surface area contributed by atoms with Gasteiger partial charge in [0.25, 0.3) is 0 Å². The van der Waals surface area contributed by atoms with E-state index in [2.05, 4.69) is 5.32 Å². The van der Waals surface area contributed by atoms with Crippen LogP contribution < -0.4 is 5.32 Å². The number of carboxylic acid groups (broad SMARTS) is 1. The number of rotatable bonds is 3. The third kappa shape index (κ3) is 3.27. The van der Waals surface area contributed by atoms with Crippen LogP contribution in [0.3, 0.4) is 0 Å². The molecule has 1 heterocycles. The molecule has 1 aromatic carbocycles. The van der Waals surface area contributed by atoms with Gasteiger partial charge in [-0.3, -0.25) is 0 Å². The average Bonchev–Trinajstić information content (AvgIpc) is 2.78. The Balaban J connectivity index is 1.96. The van der Waals surface area contributed by atoms with E-state index in [1.54, 1.807) is 0 Å². The molecule has 1 aliphatic rings. The van der Waals surface area contributed by atoms with Gasteiger partial charge in [-0.1, -0.05) is 29.8 Å². The van der Waals surface area contributed by atoms with Crippen molar-refractivity contribution in [2.24, 2.45) is 0 Å². The summed E-state index contributed by atoms with van der Waals surface area (Å²) < 4.78 is 0. The van der Waals surface area contributed by atoms with Crippen molar-refractivity contribution < 1.29 is 19.8 Å². The highest BCUT2D eigenvalue weighted by atomic mass is 16.4. The van der Waals surface area contributed by atoms with E-state index in [0.717, 1.165) is 11.1 Å². The van der Waals surface area contributed by atoms with Gasteiger partial charge in [0.05, 0.1) is 6.10 Å². The first-order chi connectivity index (χ1) is 9.47. The van der Waals surface area contributed by atoms with E-state index in [1.807, 2.05) is 31.2 Å². The lowest BCUT2D eigenvalue weighted by Crippen LogP contribution is -2.45. The normalized spacial score (nSPS) is 21.8. The molecule has 108 valence electrons. The molecule has 2 atom stereocenters. The number of aliphatic carboxylic acids is 1. The fraction of sp³-hybridized carbons (Fsp3) is 0.429. The molecule has 0 bridgehead atoms. The molecular weight excluding hydrogens is 260 g/mol. The molecular formula is C14H18N2O4. The van der Waals surface area contributed by atoms with Crippen LogP contribution in [0.25, 0.3) is 0 Å². The molecule has 6 heteroatoms. The average molecular weight is 278 g/mol. The summed E-state index contributed by atoms with van der Waals surface area (Å²) in [4.78, 5) is 24.2. The summed E-state index contributed by atoms with van der Waals surface area (Å²) in [6.07, 6.45) is -0.700. The van der Waals surface area contributed by atoms with E-state index < -0.39 is 24.1 Å². The number of carbonyl (C=O) groups is 2. The van der Waals surface area contributed by atoms with Crippen LogP contribution in [0.4, 0.5) is 4.79 Å². The lowest BCUT2D eigenvalue weighted by Gasteiger charge is -2.21. The number of nitrogens with one attached hydrogen (secondary N) is 1. The fourth-order valence-electron chi connectivity index (χ4n) is 2.37. The molecule has 2 rings (SSSR count). The molecule has 0 aliphatic carbocycles. The Morgan fingerprint density at radius 2 is 2.20 bits per heavy atom. The highest BCUT2D eigenvalue weighted by Gasteiger charge is 2.38. The number of aliphatic hydroxyl groups excluding tert-OH is 1. The number of aryl methyl sites for hydroxylation is 1. The Labute approximate surface area is 117 Å². The highest BCUT2D eigenvalue weighted by Crippen LogP contribution is 2.18. The van der Waals surface area contributed by atoms with Crippen molar-refractivity contribution in [1.82, 2.24) is 10.2 Å². The fourth-order valence-corrected chi connectivity index (χ4v) is 2.37. The van der Waals surface area contributed by atoms with Gasteiger partial charge in [-0.05, 0) is 12.5 Å². The van der Waals surface area contributed by atoms with Crippen LogP contribution >= 0.6 is 0 Å². The maximum atomic E-state index is 12.0. The quantitative estimate of drug-likeness (QED) is 0.760. The van der Waals surface area contributed by atoms with Crippen molar-refractivity contribution in [1.29, 1.82) is 0 Å². The maximum absolute atomic E-state index is 12.0. The number of amides is 2. The molecule has 0 spiro atoms. The molecule has 0 radical (unpaired) electrons. The third-order valence-corrected chi connectivity index (χ3v) is 3.35. The molecule has 0 saturated carbocycles. The molecule has 1 fully saturated rings. The second-order valence-corrected chi connectivity index (χ2v) is 5.04. The van der Waals surface area contributed by atoms with E-state index in [0.29, 0.717) is 6.54 Å². The standard InChI is InChI=1S/C14H18N2O4/c1-9-3-2-4-10(5-9)7-15-14(20)16-8-11(17)6-12(16)13(18)19/h2-5,11-12,17H,6-8H2,1H3,(H,15,20)(H,18,19). The van der Waals surface area contributed by atoms with Crippen LogP contribution in [0, 0.1) is 6.92 Å². The predicted octanol–water partition coefficient (Wildman–Crippen LogP) is 0.724. The summed E-state index contributed by atoms with van der Waals surface area (Å²) >= 11 is 0. The molecule has 6 nitrogen and oxygen atoms in total. The largest absolute Gasteiger partial charge is 0.480 e. The van der Waals surface area contributed by atoms with Crippen LogP contribution in [-0.2, 0) is 11.3 Å². The summed E-state index contributed by atoms with van der Waals surface area (Å²) in [7, 11) is 0. The van der Waals surface area contributed by atoms with Crippen molar-refractivity contribution >= 4 is 12.0 Å². The van der Waals surface area contributed by atoms with Gasteiger partial charge in [-0.2, -0.15) is 0 Å². The molecule has 1 aromatic rings. The van der Waals surface area contributed by atoms with Crippen LogP contribution in [-0.4, -0.2) is 45.8 Å². The van der Waals surface area contributed by atoms with Gasteiger partial charge in [-0.15, -0.1) is 0 Å². The zero-order valence-electron chi connectivity index (χ0n) is 11.2. The maximum Gasteiger partial charge on any atom is 0.326 e. The number of likely N-dealkylation sites (tertiary alicyclic amines) is 1. The van der Waals surface area contributed by atoms with Crippen LogP contribution in [0.2, 0.25) is 0 Å². The molecule has 3 N–H and O–H groups in total. The Morgan fingerprint density at radius 1 is 1.45 bits per heavy atom. The van der Waals surface area contributed by atoms with E-state index >= 15 is 0 Å². The first-order valence-electron chi connectivity index (χ1n) is 6.48. The number of nitrogens with zero attached hydrogens (tertiary/aromatic N) is 1. The number of aliphatic hydroxyl groups is 1. The second-order valence-electron chi connectivity index (χ2n) is 5.04. The van der Waals surface area contributed by atoms with Gasteiger partial charge in [0.15, 0.2) is 0 Å². The SMILES string of the molecule is Cc1cccc(CNC(=O)N2CC(O)CC2C(=O)O)c1. The molecule has 0 aromatic heterocycles. The van der Waals surface area contributed by atoms with Crippen molar-refractivity contribution in [2.75, 3.05) is 6.54 Å². The zero-order chi connectivity index (χ0) is 14.7. The number of benzene rings is 1. The summed E-state index contributed by atoms with van der Waals surface area (Å²) in [5.74, 6) is -1.09. The smallest absolute Gasteiger partial charge is 0.326 e. The number of β-amino-alcohol motifs (C(OH)–C–C–N with tert-alkyl or cyclic N) is 1. The lowest BCUT2D eigenvalue weighted by atomic mass is 10.1. The Bertz CT molecular complexity index is 518. The number of carboxylic acids is 1. The van der Waals surface area contributed by atoms with Gasteiger partial charge in [0, 0.05) is 19.5 Å². The van der Waals surface area contributed by atoms with E-state index in [9.17, 15) is 14.7 Å². The van der Waals surface area contributed by atoms with E-state index in [1.165, 1.54) is 4.90 Å².